The van der Waals surface area contributed by atoms with Crippen LogP contribution in [-0.2, 0) is 9.53 Å². The minimum absolute atomic E-state index is 0.140. The Kier molecular flexibility index (Phi) is 5.35. The third-order valence-electron chi connectivity index (χ3n) is 3.51. The van der Waals surface area contributed by atoms with E-state index in [1.165, 1.54) is 18.9 Å². The number of pyridine rings is 1. The van der Waals surface area contributed by atoms with Crippen molar-refractivity contribution in [1.82, 2.24) is 19.7 Å². The quantitative estimate of drug-likeness (QED) is 0.502. The molecule has 0 amide bonds. The Morgan fingerprint density at radius 3 is 2.88 bits per heavy atom. The molecule has 2 aromatic heterocycles. The van der Waals surface area contributed by atoms with Crippen LogP contribution in [0.3, 0.4) is 0 Å². The number of ether oxygens (including phenoxy) is 1. The van der Waals surface area contributed by atoms with Crippen molar-refractivity contribution < 1.29 is 9.53 Å². The second kappa shape index (κ2) is 7.67. The Hall–Kier alpha value is -2.38. The van der Waals surface area contributed by atoms with Gasteiger partial charge in [-0.25, -0.2) is 0 Å². The van der Waals surface area contributed by atoms with Gasteiger partial charge in [-0.05, 0) is 36.8 Å². The fraction of sp³-hybridized carbons (Fsp3) is 0.176. The van der Waals surface area contributed by atoms with E-state index in [0.717, 1.165) is 16.8 Å². The van der Waals surface area contributed by atoms with Crippen molar-refractivity contribution >= 4 is 29.3 Å². The maximum atomic E-state index is 11.5. The number of aromatic nitrogens is 4. The summed E-state index contributed by atoms with van der Waals surface area (Å²) >= 11 is 7.44. The number of hydrogen-bond acceptors (Lipinski definition) is 6. The Balaban J connectivity index is 2.13. The average Bonchev–Trinajstić information content (AvgIpc) is 3.06. The highest BCUT2D eigenvalue weighted by Crippen LogP contribution is 2.30. The van der Waals surface area contributed by atoms with Crippen LogP contribution < -0.4 is 0 Å². The molecular weight excluding hydrogens is 360 g/mol. The monoisotopic (exact) mass is 374 g/mol. The number of benzene rings is 1. The number of carbonyl (C=O) groups is 1. The third kappa shape index (κ3) is 3.83. The first-order valence-corrected chi connectivity index (χ1v) is 8.78. The Morgan fingerprint density at radius 1 is 1.32 bits per heavy atom. The normalized spacial score (nSPS) is 10.7. The second-order valence-electron chi connectivity index (χ2n) is 5.18. The van der Waals surface area contributed by atoms with Crippen molar-refractivity contribution in [3.8, 4) is 17.1 Å². The van der Waals surface area contributed by atoms with E-state index in [9.17, 15) is 4.79 Å². The molecule has 0 atom stereocenters. The molecule has 0 fully saturated rings. The maximum Gasteiger partial charge on any atom is 0.316 e. The zero-order valence-electron chi connectivity index (χ0n) is 13.6. The van der Waals surface area contributed by atoms with E-state index in [1.807, 2.05) is 41.8 Å². The first-order chi connectivity index (χ1) is 12.1. The largest absolute Gasteiger partial charge is 0.468 e. The van der Waals surface area contributed by atoms with E-state index in [2.05, 4.69) is 15.2 Å². The molecule has 0 N–H and O–H groups in total. The van der Waals surface area contributed by atoms with Crippen LogP contribution in [0.5, 0.6) is 0 Å². The second-order valence-corrected chi connectivity index (χ2v) is 6.56. The molecule has 0 unspecified atom stereocenters. The molecule has 25 heavy (non-hydrogen) atoms. The zero-order valence-corrected chi connectivity index (χ0v) is 15.2. The number of nitrogens with zero attached hydrogens (tertiary/aromatic N) is 4. The lowest BCUT2D eigenvalue weighted by molar-refractivity contribution is -0.137. The predicted octanol–water partition coefficient (Wildman–Crippen LogP) is 3.56. The van der Waals surface area contributed by atoms with Crippen LogP contribution >= 0.6 is 23.4 Å². The van der Waals surface area contributed by atoms with Gasteiger partial charge in [-0.2, -0.15) is 0 Å². The minimum Gasteiger partial charge on any atom is -0.468 e. The molecule has 3 rings (SSSR count). The van der Waals surface area contributed by atoms with Crippen molar-refractivity contribution in [2.24, 2.45) is 0 Å². The van der Waals surface area contributed by atoms with Gasteiger partial charge in [0.05, 0.1) is 18.6 Å². The van der Waals surface area contributed by atoms with Crippen molar-refractivity contribution in [2.45, 2.75) is 12.1 Å². The van der Waals surface area contributed by atoms with Crippen molar-refractivity contribution in [2.75, 3.05) is 12.9 Å². The molecule has 0 bridgehead atoms. The molecule has 8 heteroatoms. The fourth-order valence-corrected chi connectivity index (χ4v) is 3.21. The van der Waals surface area contributed by atoms with E-state index in [0.29, 0.717) is 16.0 Å². The topological polar surface area (TPSA) is 69.9 Å². The van der Waals surface area contributed by atoms with Gasteiger partial charge in [-0.3, -0.25) is 14.3 Å². The molecule has 0 spiro atoms. The lowest BCUT2D eigenvalue weighted by Crippen LogP contribution is -2.06. The fourth-order valence-electron chi connectivity index (χ4n) is 2.27. The van der Waals surface area contributed by atoms with Crippen molar-refractivity contribution in [3.63, 3.8) is 0 Å². The van der Waals surface area contributed by atoms with E-state index in [-0.39, 0.29) is 11.7 Å². The zero-order chi connectivity index (χ0) is 17.8. The lowest BCUT2D eigenvalue weighted by atomic mass is 10.2. The van der Waals surface area contributed by atoms with Gasteiger partial charge < -0.3 is 4.74 Å². The van der Waals surface area contributed by atoms with Gasteiger partial charge >= 0.3 is 5.97 Å². The number of carbonyl (C=O) groups excluding carboxylic acids is 1. The van der Waals surface area contributed by atoms with E-state index in [4.69, 9.17) is 16.3 Å². The molecule has 0 aliphatic heterocycles. The summed E-state index contributed by atoms with van der Waals surface area (Å²) in [4.78, 5) is 15.6. The molecule has 0 aliphatic rings. The molecule has 1 aromatic carbocycles. The number of hydrogen-bond donors (Lipinski definition) is 0. The summed E-state index contributed by atoms with van der Waals surface area (Å²) in [6.07, 6.45) is 3.41. The smallest absolute Gasteiger partial charge is 0.316 e. The molecule has 3 aromatic rings. The summed E-state index contributed by atoms with van der Waals surface area (Å²) in [6.45, 7) is 1.98. The Labute approximate surface area is 154 Å². The van der Waals surface area contributed by atoms with Gasteiger partial charge in [0.15, 0.2) is 11.0 Å². The van der Waals surface area contributed by atoms with Crippen molar-refractivity contribution in [3.05, 3.63) is 53.3 Å². The Bertz CT molecular complexity index is 899. The number of halogens is 1. The molecule has 0 aliphatic carbocycles. The first-order valence-electron chi connectivity index (χ1n) is 7.42. The summed E-state index contributed by atoms with van der Waals surface area (Å²) in [7, 11) is 1.36. The predicted molar refractivity (Wildman–Crippen MR) is 97.1 cm³/mol. The number of aryl methyl sites for hydroxylation is 1. The highest BCUT2D eigenvalue weighted by molar-refractivity contribution is 7.99. The number of esters is 1. The van der Waals surface area contributed by atoms with Gasteiger partial charge in [0.25, 0.3) is 0 Å². The van der Waals surface area contributed by atoms with Crippen LogP contribution in [-0.4, -0.2) is 38.6 Å². The van der Waals surface area contributed by atoms with E-state index in [1.54, 1.807) is 12.4 Å². The Morgan fingerprint density at radius 2 is 2.16 bits per heavy atom. The number of thioether (sulfide) groups is 1. The average molecular weight is 375 g/mol. The summed E-state index contributed by atoms with van der Waals surface area (Å²) in [5.74, 6) is 0.442. The summed E-state index contributed by atoms with van der Waals surface area (Å²) in [5, 5.41) is 9.72. The minimum atomic E-state index is -0.328. The van der Waals surface area contributed by atoms with Crippen LogP contribution in [0.15, 0.2) is 47.9 Å². The maximum absolute atomic E-state index is 11.5. The third-order valence-corrected chi connectivity index (χ3v) is 4.65. The molecule has 128 valence electrons. The van der Waals surface area contributed by atoms with Crippen LogP contribution in [0.1, 0.15) is 5.56 Å². The summed E-state index contributed by atoms with van der Waals surface area (Å²) in [5.41, 5.74) is 2.68. The van der Waals surface area contributed by atoms with Gasteiger partial charge in [0.2, 0.25) is 0 Å². The highest BCUT2D eigenvalue weighted by Gasteiger charge is 2.19. The first kappa shape index (κ1) is 17.4. The highest BCUT2D eigenvalue weighted by atomic mass is 35.5. The summed E-state index contributed by atoms with van der Waals surface area (Å²) < 4.78 is 6.58. The summed E-state index contributed by atoms with van der Waals surface area (Å²) in [6, 6.07) is 9.35. The van der Waals surface area contributed by atoms with Gasteiger partial charge in [0, 0.05) is 23.0 Å². The molecule has 2 heterocycles. The SMILES string of the molecule is COC(=O)CSc1nnc(-c2cccnc2)n1-c1cc(Cl)ccc1C. The van der Waals surface area contributed by atoms with Gasteiger partial charge in [-0.15, -0.1) is 10.2 Å². The van der Waals surface area contributed by atoms with Gasteiger partial charge in [0.1, 0.15) is 0 Å². The van der Waals surface area contributed by atoms with E-state index >= 15 is 0 Å². The number of rotatable bonds is 5. The molecule has 0 saturated carbocycles. The van der Waals surface area contributed by atoms with Crippen LogP contribution in [0.2, 0.25) is 5.02 Å². The molecule has 0 saturated heterocycles. The molecule has 6 nitrogen and oxygen atoms in total. The van der Waals surface area contributed by atoms with Crippen LogP contribution in [0, 0.1) is 6.92 Å². The van der Waals surface area contributed by atoms with Crippen LogP contribution in [0.25, 0.3) is 17.1 Å². The van der Waals surface area contributed by atoms with Crippen LogP contribution in [0.4, 0.5) is 0 Å². The standard InChI is InChI=1S/C17H15ClN4O2S/c1-11-5-6-13(18)8-14(11)22-16(12-4-3-7-19-9-12)20-21-17(22)25-10-15(23)24-2/h3-9H,10H2,1-2H3. The van der Waals surface area contributed by atoms with E-state index < -0.39 is 0 Å². The van der Waals surface area contributed by atoms with Crippen molar-refractivity contribution in [1.29, 1.82) is 0 Å². The molecule has 0 radical (unpaired) electrons. The lowest BCUT2D eigenvalue weighted by Gasteiger charge is -2.13. The molecular formula is C17H15ClN4O2S. The van der Waals surface area contributed by atoms with Gasteiger partial charge in [-0.1, -0.05) is 29.4 Å². The number of methoxy groups -OCH3 is 1.